The van der Waals surface area contributed by atoms with E-state index < -0.39 is 22.8 Å². The van der Waals surface area contributed by atoms with Crippen molar-refractivity contribution in [3.63, 3.8) is 0 Å². The minimum absolute atomic E-state index is 0.179. The van der Waals surface area contributed by atoms with Crippen LogP contribution in [-0.2, 0) is 16.1 Å². The zero-order chi connectivity index (χ0) is 21.5. The van der Waals surface area contributed by atoms with Gasteiger partial charge in [-0.25, -0.2) is 4.79 Å². The minimum Gasteiger partial charge on any atom is -0.369 e. The van der Waals surface area contributed by atoms with Crippen molar-refractivity contribution in [1.82, 2.24) is 20.5 Å². The normalized spacial score (nSPS) is 15.8. The quantitative estimate of drug-likeness (QED) is 0.624. The molecule has 1 fully saturated rings. The highest BCUT2D eigenvalue weighted by molar-refractivity contribution is 5.87. The van der Waals surface area contributed by atoms with Crippen LogP contribution in [0.5, 0.6) is 0 Å². The molecule has 155 valence electrons. The Balaban J connectivity index is 1.82. The molecule has 1 aliphatic heterocycles. The van der Waals surface area contributed by atoms with Gasteiger partial charge in [-0.1, -0.05) is 19.9 Å². The highest BCUT2D eigenvalue weighted by atomic mass is 16.2. The third-order valence-electron chi connectivity index (χ3n) is 5.11. The number of piperidine rings is 1. The molecule has 0 bridgehead atoms. The molecule has 4 amide bonds. The molecule has 0 aliphatic carbocycles. The van der Waals surface area contributed by atoms with E-state index in [2.05, 4.69) is 21.7 Å². The van der Waals surface area contributed by atoms with Crippen molar-refractivity contribution in [3.05, 3.63) is 36.5 Å². The van der Waals surface area contributed by atoms with Crippen LogP contribution in [0.25, 0.3) is 0 Å². The third-order valence-corrected chi connectivity index (χ3v) is 5.11. The molecule has 9 nitrogen and oxygen atoms in total. The van der Waals surface area contributed by atoms with E-state index in [0.29, 0.717) is 32.5 Å². The minimum atomic E-state index is -1.04. The van der Waals surface area contributed by atoms with Crippen LogP contribution >= 0.6 is 0 Å². The van der Waals surface area contributed by atoms with Crippen LogP contribution in [0, 0.1) is 23.2 Å². The van der Waals surface area contributed by atoms with Gasteiger partial charge in [-0.15, -0.1) is 0 Å². The summed E-state index contributed by atoms with van der Waals surface area (Å²) in [7, 11) is 0. The van der Waals surface area contributed by atoms with Crippen LogP contribution in [0.1, 0.15) is 38.7 Å². The van der Waals surface area contributed by atoms with Gasteiger partial charge < -0.3 is 21.3 Å². The topological polar surface area (TPSA) is 141 Å². The molecule has 1 aromatic heterocycles. The number of carbonyl (C=O) groups excluding carboxylic acids is 3. The molecule has 4 N–H and O–H groups in total. The first kappa shape index (κ1) is 22.1. The summed E-state index contributed by atoms with van der Waals surface area (Å²) in [6.45, 7) is 4.37. The third kappa shape index (κ3) is 6.17. The van der Waals surface area contributed by atoms with E-state index in [4.69, 9.17) is 5.73 Å². The van der Waals surface area contributed by atoms with Crippen LogP contribution in [-0.4, -0.2) is 46.4 Å². The maximum absolute atomic E-state index is 12.3. The number of pyridine rings is 1. The Kier molecular flexibility index (Phi) is 7.15. The van der Waals surface area contributed by atoms with Gasteiger partial charge in [0.25, 0.3) is 0 Å². The molecule has 0 unspecified atom stereocenters. The smallest absolute Gasteiger partial charge is 0.317 e. The summed E-state index contributed by atoms with van der Waals surface area (Å²) in [4.78, 5) is 41.6. The van der Waals surface area contributed by atoms with E-state index in [1.165, 1.54) is 6.42 Å². The molecule has 2 rings (SSSR count). The van der Waals surface area contributed by atoms with Crippen molar-refractivity contribution in [3.8, 4) is 6.07 Å². The van der Waals surface area contributed by atoms with E-state index in [9.17, 15) is 19.6 Å². The monoisotopic (exact) mass is 399 g/mol. The summed E-state index contributed by atoms with van der Waals surface area (Å²) in [6, 6.07) is 5.62. The lowest BCUT2D eigenvalue weighted by Gasteiger charge is -2.37. The summed E-state index contributed by atoms with van der Waals surface area (Å²) in [5, 5.41) is 15.2. The Bertz CT molecular complexity index is 779. The predicted octanol–water partition coefficient (Wildman–Crippen LogP) is 0.871. The van der Waals surface area contributed by atoms with Crippen molar-refractivity contribution in [1.29, 1.82) is 5.26 Å². The molecular formula is C20H27N6O3. The average Bonchev–Trinajstić information content (AvgIpc) is 2.71. The van der Waals surface area contributed by atoms with Crippen molar-refractivity contribution in [2.24, 2.45) is 11.1 Å². The first-order valence-corrected chi connectivity index (χ1v) is 9.46. The van der Waals surface area contributed by atoms with Crippen LogP contribution in [0.3, 0.4) is 0 Å². The fraction of sp³-hybridized carbons (Fsp3) is 0.500. The zero-order valence-electron chi connectivity index (χ0n) is 16.8. The van der Waals surface area contributed by atoms with Gasteiger partial charge in [0.2, 0.25) is 11.8 Å². The molecule has 2 heterocycles. The van der Waals surface area contributed by atoms with Gasteiger partial charge in [-0.2, -0.15) is 5.26 Å². The van der Waals surface area contributed by atoms with E-state index in [1.807, 2.05) is 6.07 Å². The number of nitriles is 1. The maximum Gasteiger partial charge on any atom is 0.317 e. The molecule has 9 heteroatoms. The van der Waals surface area contributed by atoms with E-state index in [-0.39, 0.29) is 12.5 Å². The number of hydrogen-bond acceptors (Lipinski definition) is 5. The zero-order valence-corrected chi connectivity index (χ0v) is 16.8. The maximum atomic E-state index is 12.3. The summed E-state index contributed by atoms with van der Waals surface area (Å²) < 4.78 is 0. The lowest BCUT2D eigenvalue weighted by molar-refractivity contribution is -0.126. The molecule has 1 saturated heterocycles. The number of hydrogen-bond donors (Lipinski definition) is 3. The molecule has 0 saturated carbocycles. The molecule has 0 atom stereocenters. The molecule has 1 aliphatic rings. The number of nitrogens with zero attached hydrogens (tertiary/aromatic N) is 3. The lowest BCUT2D eigenvalue weighted by Crippen LogP contribution is -2.56. The SMILES string of the molecule is CC(C)(C[CH]C(=O)NC1(C#N)CCN(C(=O)NCc2cccnc2)CC1)C(N)=O. The standard InChI is InChI=1S/C20H27N6O3/c1-19(2,17(22)28)6-5-16(27)25-20(14-21)7-10-26(11-8-20)18(29)24-13-15-4-3-9-23-12-15/h3-5,9,12H,6-8,10-11,13H2,1-2H3,(H2,22,28)(H,24,29)(H,25,27). The number of rotatable bonds is 7. The number of carbonyl (C=O) groups is 3. The molecule has 0 aromatic carbocycles. The highest BCUT2D eigenvalue weighted by Crippen LogP contribution is 2.24. The second kappa shape index (κ2) is 9.37. The Morgan fingerprint density at radius 1 is 1.38 bits per heavy atom. The number of likely N-dealkylation sites (tertiary alicyclic amines) is 1. The number of primary amides is 1. The largest absolute Gasteiger partial charge is 0.369 e. The Labute approximate surface area is 170 Å². The second-order valence-electron chi connectivity index (χ2n) is 7.85. The van der Waals surface area contributed by atoms with Crippen molar-refractivity contribution < 1.29 is 14.4 Å². The fourth-order valence-electron chi connectivity index (χ4n) is 2.88. The second-order valence-corrected chi connectivity index (χ2v) is 7.85. The lowest BCUT2D eigenvalue weighted by atomic mass is 9.86. The summed E-state index contributed by atoms with van der Waals surface area (Å²) >= 11 is 0. The first-order chi connectivity index (χ1) is 13.7. The molecule has 0 spiro atoms. The first-order valence-electron chi connectivity index (χ1n) is 9.46. The van der Waals surface area contributed by atoms with E-state index in [0.717, 1.165) is 5.56 Å². The van der Waals surface area contributed by atoms with Gasteiger partial charge in [0.1, 0.15) is 5.54 Å². The number of nitrogens with two attached hydrogens (primary N) is 1. The van der Waals surface area contributed by atoms with Gasteiger partial charge in [0.05, 0.1) is 12.5 Å². The molecular weight excluding hydrogens is 372 g/mol. The van der Waals surface area contributed by atoms with Crippen LogP contribution < -0.4 is 16.4 Å². The van der Waals surface area contributed by atoms with Crippen molar-refractivity contribution >= 4 is 17.8 Å². The van der Waals surface area contributed by atoms with Crippen molar-refractivity contribution in [2.75, 3.05) is 13.1 Å². The highest BCUT2D eigenvalue weighted by Gasteiger charge is 2.38. The molecule has 1 radical (unpaired) electrons. The number of urea groups is 1. The Hall–Kier alpha value is -3.15. The summed E-state index contributed by atoms with van der Waals surface area (Å²) in [5.74, 6) is -0.919. The van der Waals surface area contributed by atoms with E-state index >= 15 is 0 Å². The number of amides is 4. The average molecular weight is 399 g/mol. The van der Waals surface area contributed by atoms with Gasteiger partial charge in [0, 0.05) is 50.3 Å². The van der Waals surface area contributed by atoms with E-state index in [1.54, 1.807) is 37.2 Å². The number of aromatic nitrogens is 1. The summed E-state index contributed by atoms with van der Waals surface area (Å²) in [6.07, 6.45) is 5.52. The van der Waals surface area contributed by atoms with Crippen LogP contribution in [0.15, 0.2) is 24.5 Å². The van der Waals surface area contributed by atoms with Gasteiger partial charge in [0.15, 0.2) is 0 Å². The van der Waals surface area contributed by atoms with Gasteiger partial charge in [-0.3, -0.25) is 14.6 Å². The Morgan fingerprint density at radius 3 is 2.62 bits per heavy atom. The van der Waals surface area contributed by atoms with Crippen molar-refractivity contribution in [2.45, 2.75) is 45.2 Å². The molecule has 1 aromatic rings. The Morgan fingerprint density at radius 2 is 2.07 bits per heavy atom. The number of nitrogens with one attached hydrogen (secondary N) is 2. The van der Waals surface area contributed by atoms with Gasteiger partial charge in [-0.05, 0) is 18.1 Å². The predicted molar refractivity (Wildman–Crippen MR) is 106 cm³/mol. The van der Waals surface area contributed by atoms with Gasteiger partial charge >= 0.3 is 6.03 Å². The summed E-state index contributed by atoms with van der Waals surface area (Å²) in [5.41, 5.74) is 4.33. The molecule has 29 heavy (non-hydrogen) atoms. The van der Waals surface area contributed by atoms with Crippen LogP contribution in [0.4, 0.5) is 4.79 Å². The van der Waals surface area contributed by atoms with Crippen LogP contribution in [0.2, 0.25) is 0 Å². The fourth-order valence-corrected chi connectivity index (χ4v) is 2.88.